The standard InChI is InChI=1S/C10H17NO3/c1-4-5-9(12)11-8(7(2)3)6-14-10(11)13/h7-8H,4-6H2,1-3H3/t8-/m1/s1. The number of amides is 2. The molecule has 0 aromatic rings. The van der Waals surface area contributed by atoms with Gasteiger partial charge in [0.2, 0.25) is 5.91 Å². The monoisotopic (exact) mass is 199 g/mol. The molecule has 1 heterocycles. The van der Waals surface area contributed by atoms with Crippen molar-refractivity contribution in [1.82, 2.24) is 4.90 Å². The van der Waals surface area contributed by atoms with Gasteiger partial charge in [-0.25, -0.2) is 9.69 Å². The highest BCUT2D eigenvalue weighted by molar-refractivity contribution is 5.93. The van der Waals surface area contributed by atoms with Gasteiger partial charge in [-0.1, -0.05) is 20.8 Å². The Morgan fingerprint density at radius 1 is 1.64 bits per heavy atom. The Morgan fingerprint density at radius 2 is 2.29 bits per heavy atom. The van der Waals surface area contributed by atoms with E-state index < -0.39 is 6.09 Å². The lowest BCUT2D eigenvalue weighted by Gasteiger charge is -2.22. The third-order valence-corrected chi connectivity index (χ3v) is 2.41. The second-order valence-electron chi connectivity index (χ2n) is 3.90. The van der Waals surface area contributed by atoms with Crippen LogP contribution in [0.1, 0.15) is 33.6 Å². The number of hydrogen-bond donors (Lipinski definition) is 0. The Kier molecular flexibility index (Phi) is 3.49. The molecule has 1 aliphatic heterocycles. The summed E-state index contributed by atoms with van der Waals surface area (Å²) >= 11 is 0. The van der Waals surface area contributed by atoms with Crippen LogP contribution in [0.5, 0.6) is 0 Å². The zero-order valence-electron chi connectivity index (χ0n) is 8.95. The molecule has 1 rings (SSSR count). The average molecular weight is 199 g/mol. The van der Waals surface area contributed by atoms with E-state index in [0.717, 1.165) is 6.42 Å². The summed E-state index contributed by atoms with van der Waals surface area (Å²) < 4.78 is 4.87. The molecule has 4 heteroatoms. The van der Waals surface area contributed by atoms with Gasteiger partial charge in [0.25, 0.3) is 0 Å². The van der Waals surface area contributed by atoms with Crippen molar-refractivity contribution in [3.8, 4) is 0 Å². The van der Waals surface area contributed by atoms with Crippen LogP contribution >= 0.6 is 0 Å². The van der Waals surface area contributed by atoms with Gasteiger partial charge in [0.05, 0.1) is 6.04 Å². The molecule has 0 spiro atoms. The maximum absolute atomic E-state index is 11.6. The molecule has 0 aromatic carbocycles. The van der Waals surface area contributed by atoms with Gasteiger partial charge >= 0.3 is 6.09 Å². The summed E-state index contributed by atoms with van der Waals surface area (Å²) in [7, 11) is 0. The van der Waals surface area contributed by atoms with Gasteiger partial charge in [-0.15, -0.1) is 0 Å². The van der Waals surface area contributed by atoms with Gasteiger partial charge in [-0.3, -0.25) is 4.79 Å². The van der Waals surface area contributed by atoms with Crippen LogP contribution in [0, 0.1) is 5.92 Å². The first-order chi connectivity index (χ1) is 6.57. The molecule has 0 aromatic heterocycles. The summed E-state index contributed by atoms with van der Waals surface area (Å²) in [4.78, 5) is 24.2. The fraction of sp³-hybridized carbons (Fsp3) is 0.800. The molecule has 0 bridgehead atoms. The van der Waals surface area contributed by atoms with Crippen LogP contribution in [0.3, 0.4) is 0 Å². The van der Waals surface area contributed by atoms with Gasteiger partial charge < -0.3 is 4.74 Å². The number of nitrogens with zero attached hydrogens (tertiary/aromatic N) is 1. The van der Waals surface area contributed by atoms with Crippen LogP contribution in [0.4, 0.5) is 4.79 Å². The molecule has 14 heavy (non-hydrogen) atoms. The average Bonchev–Trinajstić information content (AvgIpc) is 2.47. The molecule has 0 unspecified atom stereocenters. The first-order valence-electron chi connectivity index (χ1n) is 5.06. The van der Waals surface area contributed by atoms with E-state index in [1.807, 2.05) is 20.8 Å². The van der Waals surface area contributed by atoms with Gasteiger partial charge in [-0.2, -0.15) is 0 Å². The quantitative estimate of drug-likeness (QED) is 0.696. The number of carbonyl (C=O) groups excluding carboxylic acids is 2. The summed E-state index contributed by atoms with van der Waals surface area (Å²) in [6, 6.07) is -0.0819. The normalized spacial score (nSPS) is 21.6. The number of imide groups is 1. The molecule has 0 aliphatic carbocycles. The highest BCUT2D eigenvalue weighted by Crippen LogP contribution is 2.20. The molecule has 80 valence electrons. The van der Waals surface area contributed by atoms with Crippen molar-refractivity contribution in [2.45, 2.75) is 39.7 Å². The second kappa shape index (κ2) is 4.44. The van der Waals surface area contributed by atoms with Crippen molar-refractivity contribution in [3.05, 3.63) is 0 Å². The molecular formula is C10H17NO3. The summed E-state index contributed by atoms with van der Waals surface area (Å²) in [6.45, 7) is 6.23. The van der Waals surface area contributed by atoms with E-state index in [2.05, 4.69) is 0 Å². The fourth-order valence-electron chi connectivity index (χ4n) is 1.55. The third kappa shape index (κ3) is 2.05. The minimum absolute atomic E-state index is 0.0819. The SMILES string of the molecule is CCCC(=O)N1C(=O)OC[C@@H]1C(C)C. The first kappa shape index (κ1) is 11.0. The van der Waals surface area contributed by atoms with E-state index in [1.54, 1.807) is 0 Å². The lowest BCUT2D eigenvalue weighted by molar-refractivity contribution is -0.129. The molecule has 2 amide bonds. The molecule has 1 atom stereocenters. The molecule has 1 saturated heterocycles. The molecule has 4 nitrogen and oxygen atoms in total. The lowest BCUT2D eigenvalue weighted by atomic mass is 10.0. The summed E-state index contributed by atoms with van der Waals surface area (Å²) in [5.41, 5.74) is 0. The summed E-state index contributed by atoms with van der Waals surface area (Å²) in [5, 5.41) is 0. The van der Waals surface area contributed by atoms with Crippen LogP contribution in [0.2, 0.25) is 0 Å². The van der Waals surface area contributed by atoms with E-state index in [0.29, 0.717) is 13.0 Å². The van der Waals surface area contributed by atoms with Gasteiger partial charge in [0.15, 0.2) is 0 Å². The number of cyclic esters (lactones) is 1. The predicted molar refractivity (Wildman–Crippen MR) is 51.7 cm³/mol. The van der Waals surface area contributed by atoms with E-state index in [4.69, 9.17) is 4.74 Å². The fourth-order valence-corrected chi connectivity index (χ4v) is 1.55. The molecule has 1 aliphatic rings. The van der Waals surface area contributed by atoms with Crippen LogP contribution < -0.4 is 0 Å². The third-order valence-electron chi connectivity index (χ3n) is 2.41. The summed E-state index contributed by atoms with van der Waals surface area (Å²) in [5.74, 6) is 0.135. The van der Waals surface area contributed by atoms with E-state index in [9.17, 15) is 9.59 Å². The Balaban J connectivity index is 2.71. The van der Waals surface area contributed by atoms with E-state index in [-0.39, 0.29) is 17.9 Å². The summed E-state index contributed by atoms with van der Waals surface area (Å²) in [6.07, 6.45) is 0.688. The molecule has 0 N–H and O–H groups in total. The topological polar surface area (TPSA) is 46.6 Å². The second-order valence-corrected chi connectivity index (χ2v) is 3.90. The Labute approximate surface area is 84.2 Å². The van der Waals surface area contributed by atoms with E-state index >= 15 is 0 Å². The van der Waals surface area contributed by atoms with Crippen molar-refractivity contribution in [2.24, 2.45) is 5.92 Å². The maximum atomic E-state index is 11.6. The van der Waals surface area contributed by atoms with Crippen molar-refractivity contribution in [3.63, 3.8) is 0 Å². The van der Waals surface area contributed by atoms with Gasteiger partial charge in [-0.05, 0) is 12.3 Å². The minimum atomic E-state index is -0.484. The van der Waals surface area contributed by atoms with Gasteiger partial charge in [0.1, 0.15) is 6.61 Å². The largest absolute Gasteiger partial charge is 0.447 e. The van der Waals surface area contributed by atoms with Crippen molar-refractivity contribution < 1.29 is 14.3 Å². The number of hydrogen-bond acceptors (Lipinski definition) is 3. The first-order valence-corrected chi connectivity index (χ1v) is 5.06. The molecular weight excluding hydrogens is 182 g/mol. The highest BCUT2D eigenvalue weighted by Gasteiger charge is 2.38. The van der Waals surface area contributed by atoms with Gasteiger partial charge in [0, 0.05) is 6.42 Å². The van der Waals surface area contributed by atoms with Crippen molar-refractivity contribution in [1.29, 1.82) is 0 Å². The number of ether oxygens (including phenoxy) is 1. The zero-order valence-corrected chi connectivity index (χ0v) is 8.95. The van der Waals surface area contributed by atoms with Crippen molar-refractivity contribution >= 4 is 12.0 Å². The smallest absolute Gasteiger partial charge is 0.416 e. The number of rotatable bonds is 3. The van der Waals surface area contributed by atoms with E-state index in [1.165, 1.54) is 4.90 Å². The maximum Gasteiger partial charge on any atom is 0.416 e. The number of carbonyl (C=O) groups is 2. The lowest BCUT2D eigenvalue weighted by Crippen LogP contribution is -2.41. The Hall–Kier alpha value is -1.06. The van der Waals surface area contributed by atoms with Crippen LogP contribution in [0.25, 0.3) is 0 Å². The highest BCUT2D eigenvalue weighted by atomic mass is 16.6. The minimum Gasteiger partial charge on any atom is -0.447 e. The van der Waals surface area contributed by atoms with Crippen molar-refractivity contribution in [2.75, 3.05) is 6.61 Å². The Bertz CT molecular complexity index is 238. The Morgan fingerprint density at radius 3 is 2.79 bits per heavy atom. The predicted octanol–water partition coefficient (Wildman–Crippen LogP) is 1.79. The van der Waals surface area contributed by atoms with Crippen LogP contribution in [-0.4, -0.2) is 29.5 Å². The molecule has 0 radical (unpaired) electrons. The van der Waals surface area contributed by atoms with Crippen LogP contribution in [-0.2, 0) is 9.53 Å². The van der Waals surface area contributed by atoms with Crippen LogP contribution in [0.15, 0.2) is 0 Å². The zero-order chi connectivity index (χ0) is 10.7. The molecule has 0 saturated carbocycles. The molecule has 1 fully saturated rings.